The summed E-state index contributed by atoms with van der Waals surface area (Å²) in [5, 5.41) is 0.249. The first-order valence-electron chi connectivity index (χ1n) is 6.83. The summed E-state index contributed by atoms with van der Waals surface area (Å²) < 4.78 is 0. The van der Waals surface area contributed by atoms with Crippen molar-refractivity contribution in [3.8, 4) is 0 Å². The number of rotatable bonds is 7. The fourth-order valence-electron chi connectivity index (χ4n) is 1.70. The zero-order valence-electron chi connectivity index (χ0n) is 11.6. The van der Waals surface area contributed by atoms with Gasteiger partial charge in [-0.15, -0.1) is 0 Å². The van der Waals surface area contributed by atoms with Crippen LogP contribution in [0.15, 0.2) is 18.5 Å². The van der Waals surface area contributed by atoms with Crippen molar-refractivity contribution in [2.24, 2.45) is 0 Å². The predicted molar refractivity (Wildman–Crippen MR) is 78.2 cm³/mol. The van der Waals surface area contributed by atoms with Gasteiger partial charge in [0, 0.05) is 18.8 Å². The molecule has 0 fully saturated rings. The Hall–Kier alpha value is -1.62. The third kappa shape index (κ3) is 6.02. The molecule has 110 valence electrons. The lowest BCUT2D eigenvalue weighted by molar-refractivity contribution is -0.122. The van der Waals surface area contributed by atoms with E-state index in [4.69, 9.17) is 11.6 Å². The summed E-state index contributed by atoms with van der Waals surface area (Å²) in [4.78, 5) is 27.1. The molecule has 2 N–H and O–H groups in total. The first-order valence-corrected chi connectivity index (χ1v) is 7.21. The van der Waals surface area contributed by atoms with E-state index < -0.39 is 5.91 Å². The number of hydrogen-bond acceptors (Lipinski definition) is 3. The second kappa shape index (κ2) is 9.31. The van der Waals surface area contributed by atoms with Crippen LogP contribution < -0.4 is 10.9 Å². The number of aromatic nitrogens is 1. The molecule has 0 atom stereocenters. The Bertz CT molecular complexity index is 452. The Labute approximate surface area is 124 Å². The highest BCUT2D eigenvalue weighted by Crippen LogP contribution is 2.12. The van der Waals surface area contributed by atoms with E-state index in [-0.39, 0.29) is 16.5 Å². The first kappa shape index (κ1) is 16.4. The van der Waals surface area contributed by atoms with Gasteiger partial charge in [0.1, 0.15) is 0 Å². The summed E-state index contributed by atoms with van der Waals surface area (Å²) in [5.41, 5.74) is 5.00. The average Bonchev–Trinajstić information content (AvgIpc) is 2.45. The number of pyridine rings is 1. The minimum atomic E-state index is -0.447. The molecule has 0 aliphatic heterocycles. The van der Waals surface area contributed by atoms with E-state index >= 15 is 0 Å². The van der Waals surface area contributed by atoms with Crippen LogP contribution in [0.25, 0.3) is 0 Å². The van der Waals surface area contributed by atoms with Gasteiger partial charge in [-0.25, -0.2) is 0 Å². The monoisotopic (exact) mass is 297 g/mol. The second-order valence-electron chi connectivity index (χ2n) is 4.52. The highest BCUT2D eigenvalue weighted by molar-refractivity contribution is 6.33. The predicted octanol–water partition coefficient (Wildman–Crippen LogP) is 2.86. The molecule has 2 amide bonds. The van der Waals surface area contributed by atoms with Gasteiger partial charge in [0.15, 0.2) is 0 Å². The Morgan fingerprint density at radius 1 is 1.20 bits per heavy atom. The summed E-state index contributed by atoms with van der Waals surface area (Å²) in [5.74, 6) is -0.642. The molecule has 0 aliphatic carbocycles. The maximum absolute atomic E-state index is 11.7. The van der Waals surface area contributed by atoms with Gasteiger partial charge in [-0.2, -0.15) is 0 Å². The van der Waals surface area contributed by atoms with Gasteiger partial charge in [0.2, 0.25) is 5.91 Å². The van der Waals surface area contributed by atoms with Gasteiger partial charge in [0.25, 0.3) is 5.91 Å². The lowest BCUT2D eigenvalue weighted by Gasteiger charge is -2.08. The van der Waals surface area contributed by atoms with Gasteiger partial charge in [-0.1, -0.05) is 44.2 Å². The number of hydrazine groups is 1. The minimum absolute atomic E-state index is 0.194. The van der Waals surface area contributed by atoms with Crippen LogP contribution in [0.3, 0.4) is 0 Å². The molecule has 20 heavy (non-hydrogen) atoms. The number of carbonyl (C=O) groups excluding carboxylic acids is 2. The fourth-order valence-corrected chi connectivity index (χ4v) is 1.91. The van der Waals surface area contributed by atoms with Crippen molar-refractivity contribution in [1.29, 1.82) is 0 Å². The number of unbranched alkanes of at least 4 members (excludes halogenated alkanes) is 4. The SMILES string of the molecule is CCCCCCCC(=O)NNC(=O)c1ccncc1Cl. The Balaban J connectivity index is 2.24. The highest BCUT2D eigenvalue weighted by atomic mass is 35.5. The number of halogens is 1. The van der Waals surface area contributed by atoms with Crippen molar-refractivity contribution in [2.45, 2.75) is 45.4 Å². The van der Waals surface area contributed by atoms with E-state index in [0.29, 0.717) is 6.42 Å². The third-order valence-electron chi connectivity index (χ3n) is 2.84. The van der Waals surface area contributed by atoms with Crippen molar-refractivity contribution in [3.05, 3.63) is 29.0 Å². The summed E-state index contributed by atoms with van der Waals surface area (Å²) >= 11 is 5.83. The van der Waals surface area contributed by atoms with E-state index in [1.807, 2.05) is 0 Å². The molecule has 1 aromatic rings. The van der Waals surface area contributed by atoms with Gasteiger partial charge in [-0.05, 0) is 12.5 Å². The lowest BCUT2D eigenvalue weighted by atomic mass is 10.1. The molecule has 0 radical (unpaired) electrons. The maximum Gasteiger partial charge on any atom is 0.271 e. The van der Waals surface area contributed by atoms with Crippen molar-refractivity contribution < 1.29 is 9.59 Å². The molecule has 1 heterocycles. The van der Waals surface area contributed by atoms with Gasteiger partial charge >= 0.3 is 0 Å². The highest BCUT2D eigenvalue weighted by Gasteiger charge is 2.10. The molecular formula is C14H20ClN3O2. The summed E-state index contributed by atoms with van der Waals surface area (Å²) in [6.45, 7) is 2.15. The molecule has 0 aliphatic rings. The zero-order valence-corrected chi connectivity index (χ0v) is 12.4. The molecule has 1 aromatic heterocycles. The molecule has 0 saturated carbocycles. The number of hydrogen-bond donors (Lipinski definition) is 2. The lowest BCUT2D eigenvalue weighted by Crippen LogP contribution is -2.41. The van der Waals surface area contributed by atoms with Crippen LogP contribution >= 0.6 is 11.6 Å². The van der Waals surface area contributed by atoms with Gasteiger partial charge in [-0.3, -0.25) is 25.4 Å². The Morgan fingerprint density at radius 3 is 2.65 bits per heavy atom. The number of nitrogens with zero attached hydrogens (tertiary/aromatic N) is 1. The van der Waals surface area contributed by atoms with E-state index in [2.05, 4.69) is 22.8 Å². The molecule has 5 nitrogen and oxygen atoms in total. The zero-order chi connectivity index (χ0) is 14.8. The van der Waals surface area contributed by atoms with Gasteiger partial charge in [0.05, 0.1) is 10.6 Å². The van der Waals surface area contributed by atoms with Crippen LogP contribution in [0.5, 0.6) is 0 Å². The number of nitrogens with one attached hydrogen (secondary N) is 2. The topological polar surface area (TPSA) is 71.1 Å². The largest absolute Gasteiger partial charge is 0.273 e. The summed E-state index contributed by atoms with van der Waals surface area (Å²) in [6.07, 6.45) is 8.64. The first-order chi connectivity index (χ1) is 9.65. The number of carbonyl (C=O) groups is 2. The van der Waals surface area contributed by atoms with Crippen molar-refractivity contribution in [1.82, 2.24) is 15.8 Å². The van der Waals surface area contributed by atoms with E-state index in [1.54, 1.807) is 0 Å². The molecule has 6 heteroatoms. The van der Waals surface area contributed by atoms with Crippen molar-refractivity contribution in [3.63, 3.8) is 0 Å². The maximum atomic E-state index is 11.7. The second-order valence-corrected chi connectivity index (χ2v) is 4.93. The van der Waals surface area contributed by atoms with Crippen LogP contribution in [-0.2, 0) is 4.79 Å². The molecular weight excluding hydrogens is 278 g/mol. The smallest absolute Gasteiger partial charge is 0.271 e. The van der Waals surface area contributed by atoms with Crippen LogP contribution in [0.4, 0.5) is 0 Å². The standard InChI is InChI=1S/C14H20ClN3O2/c1-2-3-4-5-6-7-13(19)17-18-14(20)11-8-9-16-10-12(11)15/h8-10H,2-7H2,1H3,(H,17,19)(H,18,20). The third-order valence-corrected chi connectivity index (χ3v) is 3.14. The summed E-state index contributed by atoms with van der Waals surface area (Å²) in [6, 6.07) is 1.49. The van der Waals surface area contributed by atoms with Gasteiger partial charge < -0.3 is 0 Å². The molecule has 0 saturated heterocycles. The molecule has 0 spiro atoms. The normalized spacial score (nSPS) is 10.1. The van der Waals surface area contributed by atoms with E-state index in [9.17, 15) is 9.59 Å². The van der Waals surface area contributed by atoms with Crippen LogP contribution in [-0.4, -0.2) is 16.8 Å². The van der Waals surface area contributed by atoms with Crippen LogP contribution in [0.1, 0.15) is 55.8 Å². The van der Waals surface area contributed by atoms with E-state index in [0.717, 1.165) is 19.3 Å². The molecule has 0 bridgehead atoms. The van der Waals surface area contributed by atoms with Crippen LogP contribution in [0.2, 0.25) is 5.02 Å². The summed E-state index contributed by atoms with van der Waals surface area (Å²) in [7, 11) is 0. The Kier molecular flexibility index (Phi) is 7.65. The van der Waals surface area contributed by atoms with Crippen LogP contribution in [0, 0.1) is 0 Å². The average molecular weight is 298 g/mol. The Morgan fingerprint density at radius 2 is 1.95 bits per heavy atom. The van der Waals surface area contributed by atoms with E-state index in [1.165, 1.54) is 31.3 Å². The molecule has 0 aromatic carbocycles. The fraction of sp³-hybridized carbons (Fsp3) is 0.500. The quantitative estimate of drug-likeness (QED) is 0.600. The van der Waals surface area contributed by atoms with Crippen molar-refractivity contribution in [2.75, 3.05) is 0 Å². The van der Waals surface area contributed by atoms with Crippen molar-refractivity contribution >= 4 is 23.4 Å². The molecule has 1 rings (SSSR count). The molecule has 0 unspecified atom stereocenters. The number of amides is 2. The minimum Gasteiger partial charge on any atom is -0.273 e.